The molecule has 29 heavy (non-hydrogen) atoms. The smallest absolute Gasteiger partial charge is 0.416 e. The molecule has 8 heteroatoms. The summed E-state index contributed by atoms with van der Waals surface area (Å²) in [5, 5.41) is 8.34. The third kappa shape index (κ3) is 4.75. The number of hydrogen-bond donors (Lipinski definition) is 1. The number of nitrogens with zero attached hydrogens (tertiary/aromatic N) is 2. The molecule has 0 saturated heterocycles. The number of hydrogen-bond acceptors (Lipinski definition) is 5. The summed E-state index contributed by atoms with van der Waals surface area (Å²) < 4.78 is 44.8. The van der Waals surface area contributed by atoms with Crippen LogP contribution in [0.15, 0.2) is 30.3 Å². The van der Waals surface area contributed by atoms with Crippen LogP contribution >= 0.6 is 0 Å². The number of carbonyl (C=O) groups excluding carboxylic acids is 1. The minimum absolute atomic E-state index is 0.0702. The first-order chi connectivity index (χ1) is 13.6. The number of esters is 1. The first-order valence-corrected chi connectivity index (χ1v) is 9.56. The van der Waals surface area contributed by atoms with Crippen molar-refractivity contribution >= 4 is 5.97 Å². The predicted octanol–water partition coefficient (Wildman–Crippen LogP) is 4.31. The van der Waals surface area contributed by atoms with E-state index in [9.17, 15) is 18.0 Å². The van der Waals surface area contributed by atoms with Gasteiger partial charge in [0.1, 0.15) is 12.1 Å². The maximum Gasteiger partial charge on any atom is 0.416 e. The molecule has 1 heterocycles. The molecule has 1 aliphatic carbocycles. The zero-order valence-corrected chi connectivity index (χ0v) is 16.5. The van der Waals surface area contributed by atoms with Crippen LogP contribution in [0.1, 0.15) is 50.1 Å². The van der Waals surface area contributed by atoms with Crippen molar-refractivity contribution < 1.29 is 22.7 Å². The number of fused-ring (bicyclic) bond motifs is 1. The van der Waals surface area contributed by atoms with Crippen LogP contribution in [0, 0.1) is 11.8 Å². The molecule has 0 amide bonds. The molecule has 0 radical (unpaired) electrons. The highest BCUT2D eigenvalue weighted by Gasteiger charge is 2.33. The Morgan fingerprint density at radius 1 is 1.24 bits per heavy atom. The first-order valence-electron chi connectivity index (χ1n) is 9.56. The third-order valence-corrected chi connectivity index (χ3v) is 5.14. The summed E-state index contributed by atoms with van der Waals surface area (Å²) in [4.78, 5) is 12.4. The molecule has 1 aromatic heterocycles. The lowest BCUT2D eigenvalue weighted by Gasteiger charge is -2.30. The Morgan fingerprint density at radius 3 is 2.62 bits per heavy atom. The van der Waals surface area contributed by atoms with Crippen molar-refractivity contribution in [1.82, 2.24) is 10.2 Å². The number of halogens is 3. The Balaban J connectivity index is 1.95. The second-order valence-electron chi connectivity index (χ2n) is 7.95. The molecule has 1 aliphatic rings. The average molecular weight is 407 g/mol. The van der Waals surface area contributed by atoms with Crippen LogP contribution in [-0.4, -0.2) is 22.2 Å². The summed E-state index contributed by atoms with van der Waals surface area (Å²) in [6.07, 6.45) is -3.74. The van der Waals surface area contributed by atoms with E-state index >= 15 is 0 Å². The highest BCUT2D eigenvalue weighted by molar-refractivity contribution is 5.76. The van der Waals surface area contributed by atoms with Gasteiger partial charge in [-0.05, 0) is 42.9 Å². The minimum atomic E-state index is -4.45. The maximum absolute atomic E-state index is 13.0. The van der Waals surface area contributed by atoms with Crippen LogP contribution in [0.4, 0.5) is 13.2 Å². The highest BCUT2D eigenvalue weighted by Crippen LogP contribution is 2.37. The molecule has 2 N–H and O–H groups in total. The van der Waals surface area contributed by atoms with Crippen molar-refractivity contribution in [1.29, 1.82) is 0 Å². The summed E-state index contributed by atoms with van der Waals surface area (Å²) >= 11 is 0. The van der Waals surface area contributed by atoms with Gasteiger partial charge in [0.05, 0.1) is 17.0 Å². The van der Waals surface area contributed by atoms with E-state index in [4.69, 9.17) is 10.5 Å². The monoisotopic (exact) mass is 407 g/mol. The van der Waals surface area contributed by atoms with Crippen molar-refractivity contribution in [3.63, 3.8) is 0 Å². The van der Waals surface area contributed by atoms with Crippen LogP contribution in [0.5, 0.6) is 0 Å². The number of rotatable bonds is 4. The van der Waals surface area contributed by atoms with Gasteiger partial charge >= 0.3 is 12.1 Å². The van der Waals surface area contributed by atoms with Crippen LogP contribution < -0.4 is 5.73 Å². The quantitative estimate of drug-likeness (QED) is 0.764. The van der Waals surface area contributed by atoms with Crippen LogP contribution in [0.25, 0.3) is 11.3 Å². The van der Waals surface area contributed by atoms with Crippen molar-refractivity contribution in [3.05, 3.63) is 47.2 Å². The summed E-state index contributed by atoms with van der Waals surface area (Å²) in [5.74, 6) is -0.342. The van der Waals surface area contributed by atoms with Gasteiger partial charge in [-0.1, -0.05) is 32.9 Å². The minimum Gasteiger partial charge on any atom is -0.456 e. The molecule has 0 spiro atoms. The van der Waals surface area contributed by atoms with Crippen LogP contribution in [0.3, 0.4) is 0 Å². The molecule has 156 valence electrons. The van der Waals surface area contributed by atoms with Crippen molar-refractivity contribution in [3.8, 4) is 11.3 Å². The molecule has 1 aromatic carbocycles. The van der Waals surface area contributed by atoms with Gasteiger partial charge in [0, 0.05) is 11.1 Å². The second kappa shape index (κ2) is 8.10. The van der Waals surface area contributed by atoms with E-state index < -0.39 is 29.9 Å². The first kappa shape index (κ1) is 21.2. The lowest BCUT2D eigenvalue weighted by atomic mass is 9.85. The van der Waals surface area contributed by atoms with E-state index in [1.165, 1.54) is 6.07 Å². The fourth-order valence-electron chi connectivity index (χ4n) is 3.37. The van der Waals surface area contributed by atoms with Crippen molar-refractivity contribution in [2.24, 2.45) is 17.6 Å². The molecule has 2 aromatic rings. The largest absolute Gasteiger partial charge is 0.456 e. The van der Waals surface area contributed by atoms with Gasteiger partial charge in [-0.15, -0.1) is 0 Å². The van der Waals surface area contributed by atoms with E-state index in [-0.39, 0.29) is 11.8 Å². The number of ether oxygens (including phenoxy) is 1. The summed E-state index contributed by atoms with van der Waals surface area (Å²) in [6.45, 7) is 5.69. The zero-order valence-electron chi connectivity index (χ0n) is 16.5. The SMILES string of the molecule is CC(C)[C@H](N)C(=O)O[C@H]1C[C@H](C)Cc2nnc(-c3cccc(C(F)(F)F)c3)cc21. The van der Waals surface area contributed by atoms with E-state index in [1.54, 1.807) is 12.1 Å². The molecule has 0 fully saturated rings. The van der Waals surface area contributed by atoms with E-state index in [0.717, 1.165) is 12.1 Å². The lowest BCUT2D eigenvalue weighted by Crippen LogP contribution is -2.38. The predicted molar refractivity (Wildman–Crippen MR) is 102 cm³/mol. The lowest BCUT2D eigenvalue weighted by molar-refractivity contribution is -0.153. The summed E-state index contributed by atoms with van der Waals surface area (Å²) in [5.41, 5.74) is 7.12. The maximum atomic E-state index is 13.0. The fourth-order valence-corrected chi connectivity index (χ4v) is 3.37. The second-order valence-corrected chi connectivity index (χ2v) is 7.95. The molecule has 0 bridgehead atoms. The van der Waals surface area contributed by atoms with Gasteiger partial charge in [-0.2, -0.15) is 23.4 Å². The Morgan fingerprint density at radius 2 is 1.97 bits per heavy atom. The van der Waals surface area contributed by atoms with Gasteiger partial charge in [-0.3, -0.25) is 4.79 Å². The molecule has 3 rings (SSSR count). The topological polar surface area (TPSA) is 78.1 Å². The normalized spacial score (nSPS) is 20.3. The number of aromatic nitrogens is 2. The van der Waals surface area contributed by atoms with Crippen LogP contribution in [0.2, 0.25) is 0 Å². The Bertz CT molecular complexity index is 899. The zero-order chi connectivity index (χ0) is 21.3. The van der Waals surface area contributed by atoms with E-state index in [0.29, 0.717) is 35.4 Å². The average Bonchev–Trinajstić information content (AvgIpc) is 2.66. The molecular weight excluding hydrogens is 383 g/mol. The molecule has 3 atom stereocenters. The number of carbonyl (C=O) groups is 1. The standard InChI is InChI=1S/C21H24F3N3O2/c1-11(2)19(25)20(28)29-18-8-12(3)7-17-15(18)10-16(26-27-17)13-5-4-6-14(9-13)21(22,23)24/h4-6,9-12,18-19H,7-8,25H2,1-3H3/t12-,18+,19+/m1/s1. The van der Waals surface area contributed by atoms with E-state index in [2.05, 4.69) is 10.2 Å². The highest BCUT2D eigenvalue weighted by atomic mass is 19.4. The van der Waals surface area contributed by atoms with Gasteiger partial charge in [0.25, 0.3) is 0 Å². The molecular formula is C21H24F3N3O2. The Kier molecular flexibility index (Phi) is 5.93. The molecule has 0 unspecified atom stereocenters. The van der Waals surface area contributed by atoms with Gasteiger partial charge < -0.3 is 10.5 Å². The Hall–Kier alpha value is -2.48. The fraction of sp³-hybridized carbons (Fsp3) is 0.476. The third-order valence-electron chi connectivity index (χ3n) is 5.14. The molecule has 0 aliphatic heterocycles. The number of nitrogens with two attached hydrogens (primary N) is 1. The molecule has 5 nitrogen and oxygen atoms in total. The number of alkyl halides is 3. The van der Waals surface area contributed by atoms with Gasteiger partial charge in [0.15, 0.2) is 0 Å². The summed E-state index contributed by atoms with van der Waals surface area (Å²) in [6, 6.07) is 5.86. The van der Waals surface area contributed by atoms with Crippen LogP contribution in [-0.2, 0) is 22.1 Å². The molecule has 0 saturated carbocycles. The van der Waals surface area contributed by atoms with Crippen molar-refractivity contribution in [2.75, 3.05) is 0 Å². The van der Waals surface area contributed by atoms with E-state index in [1.807, 2.05) is 20.8 Å². The Labute approximate surface area is 167 Å². The van der Waals surface area contributed by atoms with Gasteiger partial charge in [-0.25, -0.2) is 0 Å². The summed E-state index contributed by atoms with van der Waals surface area (Å²) in [7, 11) is 0. The number of benzene rings is 1. The van der Waals surface area contributed by atoms with Gasteiger partial charge in [0.2, 0.25) is 0 Å². The van der Waals surface area contributed by atoms with Crippen molar-refractivity contribution in [2.45, 2.75) is 51.9 Å².